The summed E-state index contributed by atoms with van der Waals surface area (Å²) in [7, 11) is 1.52. The molecule has 116 valence electrons. The quantitative estimate of drug-likeness (QED) is 0.520. The third-order valence-corrected chi connectivity index (χ3v) is 3.48. The lowest BCUT2D eigenvalue weighted by Crippen LogP contribution is -2.36. The van der Waals surface area contributed by atoms with E-state index in [1.807, 2.05) is 4.90 Å². The molecule has 2 heterocycles. The van der Waals surface area contributed by atoms with Crippen LogP contribution in [0, 0.1) is 0 Å². The first-order chi connectivity index (χ1) is 10.3. The molecule has 8 heteroatoms. The van der Waals surface area contributed by atoms with Gasteiger partial charge in [0.2, 0.25) is 11.7 Å². The number of nitrogen functional groups attached to an aromatic ring is 1. The SMILES string of the molecule is COc1c(NN)ncnc1NCCC(=O)N1CCCCC1. The minimum atomic E-state index is 0.174. The van der Waals surface area contributed by atoms with Gasteiger partial charge in [-0.15, -0.1) is 0 Å². The number of aromatic nitrogens is 2. The van der Waals surface area contributed by atoms with Crippen LogP contribution in [0.3, 0.4) is 0 Å². The monoisotopic (exact) mass is 294 g/mol. The van der Waals surface area contributed by atoms with Gasteiger partial charge in [-0.25, -0.2) is 15.8 Å². The third-order valence-electron chi connectivity index (χ3n) is 3.48. The lowest BCUT2D eigenvalue weighted by atomic mass is 10.1. The number of nitrogens with one attached hydrogen (secondary N) is 2. The van der Waals surface area contributed by atoms with Crippen molar-refractivity contribution in [2.75, 3.05) is 37.5 Å². The maximum atomic E-state index is 12.1. The highest BCUT2D eigenvalue weighted by molar-refractivity contribution is 5.77. The zero-order chi connectivity index (χ0) is 15.1. The number of piperidine rings is 1. The molecular weight excluding hydrogens is 272 g/mol. The first kappa shape index (κ1) is 15.3. The number of hydrogen-bond donors (Lipinski definition) is 3. The molecule has 1 aromatic heterocycles. The summed E-state index contributed by atoms with van der Waals surface area (Å²) in [6.45, 7) is 2.24. The summed E-state index contributed by atoms with van der Waals surface area (Å²) >= 11 is 0. The maximum absolute atomic E-state index is 12.1. The number of rotatable bonds is 6. The average molecular weight is 294 g/mol. The van der Waals surface area contributed by atoms with Crippen molar-refractivity contribution in [3.8, 4) is 5.75 Å². The standard InChI is InChI=1S/C13H22N6O2/c1-21-11-12(16-9-17-13(11)18-14)15-6-5-10(20)19-7-3-2-4-8-19/h9H,2-8,14H2,1H3,(H2,15,16,17,18). The van der Waals surface area contributed by atoms with Crippen LogP contribution in [0.5, 0.6) is 5.75 Å². The number of anilines is 2. The number of carbonyl (C=O) groups excluding carboxylic acids is 1. The molecule has 1 saturated heterocycles. The fraction of sp³-hybridized carbons (Fsp3) is 0.615. The zero-order valence-corrected chi connectivity index (χ0v) is 12.3. The smallest absolute Gasteiger partial charge is 0.224 e. The van der Waals surface area contributed by atoms with Gasteiger partial charge in [-0.1, -0.05) is 0 Å². The van der Waals surface area contributed by atoms with E-state index in [1.165, 1.54) is 19.9 Å². The van der Waals surface area contributed by atoms with Gasteiger partial charge in [0.1, 0.15) is 6.33 Å². The minimum Gasteiger partial charge on any atom is -0.490 e. The first-order valence-electron chi connectivity index (χ1n) is 7.13. The molecule has 1 fully saturated rings. The Hall–Kier alpha value is -2.09. The van der Waals surface area contributed by atoms with Crippen LogP contribution in [0.2, 0.25) is 0 Å². The van der Waals surface area contributed by atoms with Gasteiger partial charge in [-0.2, -0.15) is 0 Å². The van der Waals surface area contributed by atoms with E-state index in [4.69, 9.17) is 10.6 Å². The molecular formula is C13H22N6O2. The number of amides is 1. The molecule has 1 amide bonds. The van der Waals surface area contributed by atoms with E-state index in [-0.39, 0.29) is 5.91 Å². The number of hydrogen-bond acceptors (Lipinski definition) is 7. The Bertz CT molecular complexity index is 476. The number of hydrazine groups is 1. The molecule has 0 radical (unpaired) electrons. The molecule has 2 rings (SSSR count). The van der Waals surface area contributed by atoms with E-state index in [9.17, 15) is 4.79 Å². The van der Waals surface area contributed by atoms with Crippen LogP contribution in [0.4, 0.5) is 11.6 Å². The van der Waals surface area contributed by atoms with Gasteiger partial charge in [0.25, 0.3) is 0 Å². The van der Waals surface area contributed by atoms with Crippen molar-refractivity contribution in [1.82, 2.24) is 14.9 Å². The number of nitrogens with two attached hydrogens (primary N) is 1. The first-order valence-corrected chi connectivity index (χ1v) is 7.13. The normalized spacial score (nSPS) is 14.7. The highest BCUT2D eigenvalue weighted by Crippen LogP contribution is 2.27. The fourth-order valence-electron chi connectivity index (χ4n) is 2.39. The summed E-state index contributed by atoms with van der Waals surface area (Å²) in [5.41, 5.74) is 2.45. The Kier molecular flexibility index (Phi) is 5.56. The van der Waals surface area contributed by atoms with Crippen LogP contribution < -0.4 is 21.3 Å². The Labute approximate surface area is 124 Å². The van der Waals surface area contributed by atoms with Crippen LogP contribution >= 0.6 is 0 Å². The van der Waals surface area contributed by atoms with E-state index in [2.05, 4.69) is 20.7 Å². The maximum Gasteiger partial charge on any atom is 0.224 e. The summed E-state index contributed by atoms with van der Waals surface area (Å²) in [5, 5.41) is 3.09. The second-order valence-electron chi connectivity index (χ2n) is 4.87. The van der Waals surface area contributed by atoms with E-state index in [0.717, 1.165) is 25.9 Å². The van der Waals surface area contributed by atoms with E-state index in [1.54, 1.807) is 0 Å². The fourth-order valence-corrected chi connectivity index (χ4v) is 2.39. The second kappa shape index (κ2) is 7.63. The van der Waals surface area contributed by atoms with Crippen molar-refractivity contribution in [3.63, 3.8) is 0 Å². The predicted octanol–water partition coefficient (Wildman–Crippen LogP) is 0.585. The molecule has 0 aromatic carbocycles. The number of ether oxygens (including phenoxy) is 1. The van der Waals surface area contributed by atoms with Gasteiger partial charge >= 0.3 is 0 Å². The van der Waals surface area contributed by atoms with Crippen LogP contribution in [0.25, 0.3) is 0 Å². The van der Waals surface area contributed by atoms with Crippen LogP contribution in [0.15, 0.2) is 6.33 Å². The van der Waals surface area contributed by atoms with Gasteiger partial charge in [-0.3, -0.25) is 4.79 Å². The largest absolute Gasteiger partial charge is 0.490 e. The lowest BCUT2D eigenvalue weighted by molar-refractivity contribution is -0.131. The Morgan fingerprint density at radius 3 is 2.71 bits per heavy atom. The Morgan fingerprint density at radius 1 is 1.33 bits per heavy atom. The number of methoxy groups -OCH3 is 1. The molecule has 0 bridgehead atoms. The third kappa shape index (κ3) is 3.94. The summed E-state index contributed by atoms with van der Waals surface area (Å²) < 4.78 is 5.22. The lowest BCUT2D eigenvalue weighted by Gasteiger charge is -2.26. The van der Waals surface area contributed by atoms with Crippen molar-refractivity contribution in [2.45, 2.75) is 25.7 Å². The molecule has 0 atom stereocenters. The zero-order valence-electron chi connectivity index (χ0n) is 12.3. The second-order valence-corrected chi connectivity index (χ2v) is 4.87. The molecule has 1 aliphatic heterocycles. The highest BCUT2D eigenvalue weighted by Gasteiger charge is 2.16. The molecule has 4 N–H and O–H groups in total. The molecule has 0 aliphatic carbocycles. The van der Waals surface area contributed by atoms with Crippen molar-refractivity contribution >= 4 is 17.5 Å². The average Bonchev–Trinajstić information content (AvgIpc) is 2.55. The van der Waals surface area contributed by atoms with E-state index in [0.29, 0.717) is 30.4 Å². The van der Waals surface area contributed by atoms with Crippen molar-refractivity contribution in [2.24, 2.45) is 5.84 Å². The summed E-state index contributed by atoms with van der Waals surface area (Å²) in [5.74, 6) is 6.89. The Morgan fingerprint density at radius 2 is 2.05 bits per heavy atom. The summed E-state index contributed by atoms with van der Waals surface area (Å²) in [6, 6.07) is 0. The van der Waals surface area contributed by atoms with Gasteiger partial charge in [0, 0.05) is 26.1 Å². The van der Waals surface area contributed by atoms with Crippen molar-refractivity contribution < 1.29 is 9.53 Å². The van der Waals surface area contributed by atoms with Gasteiger partial charge in [0.15, 0.2) is 11.6 Å². The molecule has 0 saturated carbocycles. The molecule has 1 aromatic rings. The van der Waals surface area contributed by atoms with Crippen LogP contribution in [-0.2, 0) is 4.79 Å². The highest BCUT2D eigenvalue weighted by atomic mass is 16.5. The number of likely N-dealkylation sites (tertiary alicyclic amines) is 1. The predicted molar refractivity (Wildman–Crippen MR) is 79.9 cm³/mol. The van der Waals surface area contributed by atoms with Gasteiger partial charge in [0.05, 0.1) is 7.11 Å². The minimum absolute atomic E-state index is 0.174. The van der Waals surface area contributed by atoms with Crippen molar-refractivity contribution in [1.29, 1.82) is 0 Å². The van der Waals surface area contributed by atoms with E-state index >= 15 is 0 Å². The molecule has 0 spiro atoms. The molecule has 1 aliphatic rings. The summed E-state index contributed by atoms with van der Waals surface area (Å²) in [6.07, 6.45) is 5.23. The molecule has 8 nitrogen and oxygen atoms in total. The topological polar surface area (TPSA) is 105 Å². The van der Waals surface area contributed by atoms with Crippen LogP contribution in [-0.4, -0.2) is 47.5 Å². The van der Waals surface area contributed by atoms with E-state index < -0.39 is 0 Å². The van der Waals surface area contributed by atoms with Gasteiger partial charge < -0.3 is 20.4 Å². The Balaban J connectivity index is 1.87. The van der Waals surface area contributed by atoms with Gasteiger partial charge in [-0.05, 0) is 19.3 Å². The summed E-state index contributed by atoms with van der Waals surface area (Å²) in [4.78, 5) is 22.0. The van der Waals surface area contributed by atoms with Crippen LogP contribution in [0.1, 0.15) is 25.7 Å². The van der Waals surface area contributed by atoms with Crippen molar-refractivity contribution in [3.05, 3.63) is 6.33 Å². The number of carbonyl (C=O) groups is 1. The molecule has 0 unspecified atom stereocenters. The number of nitrogens with zero attached hydrogens (tertiary/aromatic N) is 3. The molecule has 21 heavy (non-hydrogen) atoms.